The minimum absolute atomic E-state index is 0.122. The largest absolute Gasteiger partial charge is 0.398 e. The van der Waals surface area contributed by atoms with E-state index in [9.17, 15) is 9.18 Å². The molecule has 0 atom stereocenters. The molecule has 0 saturated carbocycles. The minimum atomic E-state index is -0.503. The molecule has 1 aromatic carbocycles. The first-order valence-electron chi connectivity index (χ1n) is 4.85. The van der Waals surface area contributed by atoms with Gasteiger partial charge in [0.1, 0.15) is 5.82 Å². The summed E-state index contributed by atoms with van der Waals surface area (Å²) in [6.07, 6.45) is 0.941. The van der Waals surface area contributed by atoms with Gasteiger partial charge in [-0.15, -0.1) is 0 Å². The van der Waals surface area contributed by atoms with E-state index in [1.807, 2.05) is 6.07 Å². The molecule has 4 nitrogen and oxygen atoms in total. The first-order valence-corrected chi connectivity index (χ1v) is 4.85. The van der Waals surface area contributed by atoms with Crippen LogP contribution in [0.25, 0.3) is 0 Å². The number of carbonyl (C=O) groups excluding carboxylic acids is 1. The van der Waals surface area contributed by atoms with E-state index in [0.717, 1.165) is 6.07 Å². The van der Waals surface area contributed by atoms with Gasteiger partial charge in [-0.3, -0.25) is 4.79 Å². The van der Waals surface area contributed by atoms with Crippen molar-refractivity contribution < 1.29 is 9.18 Å². The van der Waals surface area contributed by atoms with Gasteiger partial charge in [0.2, 0.25) is 0 Å². The number of rotatable bonds is 4. The van der Waals surface area contributed by atoms with Crippen LogP contribution in [0.2, 0.25) is 0 Å². The molecule has 0 radical (unpaired) electrons. The number of nitrogens with one attached hydrogen (secondary N) is 1. The van der Waals surface area contributed by atoms with Crippen LogP contribution in [0.3, 0.4) is 0 Å². The Morgan fingerprint density at radius 1 is 1.56 bits per heavy atom. The zero-order valence-corrected chi connectivity index (χ0v) is 8.66. The summed E-state index contributed by atoms with van der Waals surface area (Å²) in [5.41, 5.74) is 5.90. The average Bonchev–Trinajstić information content (AvgIpc) is 2.27. The van der Waals surface area contributed by atoms with E-state index in [0.29, 0.717) is 19.4 Å². The SMILES string of the molecule is N#CCCCNC(=O)c1cc(F)ccc1N. The van der Waals surface area contributed by atoms with Crippen LogP contribution in [0, 0.1) is 17.1 Å². The number of amides is 1. The second-order valence-corrected chi connectivity index (χ2v) is 3.25. The number of anilines is 1. The molecule has 0 bridgehead atoms. The fourth-order valence-corrected chi connectivity index (χ4v) is 1.19. The van der Waals surface area contributed by atoms with Crippen LogP contribution in [0.1, 0.15) is 23.2 Å². The molecular formula is C11H12FN3O. The maximum absolute atomic E-state index is 12.9. The van der Waals surface area contributed by atoms with Gasteiger partial charge in [-0.1, -0.05) is 0 Å². The van der Waals surface area contributed by atoms with Crippen molar-refractivity contribution in [1.82, 2.24) is 5.32 Å². The molecule has 0 aliphatic heterocycles. The maximum Gasteiger partial charge on any atom is 0.253 e. The summed E-state index contributed by atoms with van der Waals surface area (Å²) in [6, 6.07) is 5.60. The lowest BCUT2D eigenvalue weighted by Gasteiger charge is -2.06. The normalized spacial score (nSPS) is 9.50. The highest BCUT2D eigenvalue weighted by Gasteiger charge is 2.09. The fourth-order valence-electron chi connectivity index (χ4n) is 1.19. The summed E-state index contributed by atoms with van der Waals surface area (Å²) >= 11 is 0. The number of nitrogens with two attached hydrogens (primary N) is 1. The van der Waals surface area contributed by atoms with E-state index in [-0.39, 0.29) is 11.3 Å². The number of nitrogens with zero attached hydrogens (tertiary/aromatic N) is 1. The van der Waals surface area contributed by atoms with Gasteiger partial charge in [0.25, 0.3) is 5.91 Å². The molecule has 0 spiro atoms. The zero-order chi connectivity index (χ0) is 12.0. The van der Waals surface area contributed by atoms with Gasteiger partial charge >= 0.3 is 0 Å². The molecule has 1 amide bonds. The highest BCUT2D eigenvalue weighted by atomic mass is 19.1. The van der Waals surface area contributed by atoms with Crippen LogP contribution < -0.4 is 11.1 Å². The summed E-state index contributed by atoms with van der Waals surface area (Å²) in [4.78, 5) is 11.5. The summed E-state index contributed by atoms with van der Waals surface area (Å²) in [5, 5.41) is 10.9. The van der Waals surface area contributed by atoms with Gasteiger partial charge < -0.3 is 11.1 Å². The predicted molar refractivity (Wildman–Crippen MR) is 58.0 cm³/mol. The lowest BCUT2D eigenvalue weighted by atomic mass is 10.1. The van der Waals surface area contributed by atoms with Crippen molar-refractivity contribution in [2.45, 2.75) is 12.8 Å². The maximum atomic E-state index is 12.9. The fraction of sp³-hybridized carbons (Fsp3) is 0.273. The van der Waals surface area contributed by atoms with E-state index >= 15 is 0 Å². The molecule has 0 fully saturated rings. The quantitative estimate of drug-likeness (QED) is 0.596. The number of nitriles is 1. The smallest absolute Gasteiger partial charge is 0.253 e. The van der Waals surface area contributed by atoms with Crippen LogP contribution >= 0.6 is 0 Å². The number of hydrogen-bond donors (Lipinski definition) is 2. The van der Waals surface area contributed by atoms with E-state index in [1.54, 1.807) is 0 Å². The zero-order valence-electron chi connectivity index (χ0n) is 8.66. The van der Waals surface area contributed by atoms with E-state index < -0.39 is 11.7 Å². The molecule has 16 heavy (non-hydrogen) atoms. The number of nitrogen functional groups attached to an aromatic ring is 1. The van der Waals surface area contributed by atoms with Crippen molar-refractivity contribution in [1.29, 1.82) is 5.26 Å². The van der Waals surface area contributed by atoms with E-state index in [4.69, 9.17) is 11.0 Å². The third kappa shape index (κ3) is 3.24. The molecule has 0 aromatic heterocycles. The Morgan fingerprint density at radius 3 is 3.00 bits per heavy atom. The molecule has 0 unspecified atom stereocenters. The Kier molecular flexibility index (Phi) is 4.28. The van der Waals surface area contributed by atoms with Gasteiger partial charge in [0, 0.05) is 18.7 Å². The van der Waals surface area contributed by atoms with Crippen LogP contribution in [0.15, 0.2) is 18.2 Å². The van der Waals surface area contributed by atoms with Crippen molar-refractivity contribution in [3.63, 3.8) is 0 Å². The van der Waals surface area contributed by atoms with Gasteiger partial charge in [-0.25, -0.2) is 4.39 Å². The molecule has 0 aliphatic carbocycles. The van der Waals surface area contributed by atoms with Crippen LogP contribution in [-0.2, 0) is 0 Å². The molecule has 84 valence electrons. The molecule has 0 aliphatic rings. The summed E-state index contributed by atoms with van der Waals surface area (Å²) < 4.78 is 12.9. The molecule has 0 saturated heterocycles. The third-order valence-electron chi connectivity index (χ3n) is 2.01. The Hall–Kier alpha value is -2.09. The second kappa shape index (κ2) is 5.71. The number of benzene rings is 1. The van der Waals surface area contributed by atoms with E-state index in [2.05, 4.69) is 5.32 Å². The summed E-state index contributed by atoms with van der Waals surface area (Å²) in [6.45, 7) is 0.377. The second-order valence-electron chi connectivity index (χ2n) is 3.25. The van der Waals surface area contributed by atoms with Crippen molar-refractivity contribution in [2.24, 2.45) is 0 Å². The highest BCUT2D eigenvalue weighted by molar-refractivity contribution is 5.99. The highest BCUT2D eigenvalue weighted by Crippen LogP contribution is 2.12. The van der Waals surface area contributed by atoms with Crippen LogP contribution in [0.5, 0.6) is 0 Å². The number of unbranched alkanes of at least 4 members (excludes halogenated alkanes) is 1. The number of hydrogen-bond acceptors (Lipinski definition) is 3. The third-order valence-corrected chi connectivity index (χ3v) is 2.01. The monoisotopic (exact) mass is 221 g/mol. The first kappa shape index (κ1) is 12.0. The standard InChI is InChI=1S/C11H12FN3O/c12-8-3-4-10(14)9(7-8)11(16)15-6-2-1-5-13/h3-4,7H,1-2,6,14H2,(H,15,16). The topological polar surface area (TPSA) is 78.9 Å². The van der Waals surface area contributed by atoms with Gasteiger partial charge in [0.05, 0.1) is 11.6 Å². The van der Waals surface area contributed by atoms with Gasteiger partial charge in [-0.05, 0) is 24.6 Å². The van der Waals surface area contributed by atoms with Crippen molar-refractivity contribution in [2.75, 3.05) is 12.3 Å². The van der Waals surface area contributed by atoms with Crippen molar-refractivity contribution in [3.05, 3.63) is 29.6 Å². The van der Waals surface area contributed by atoms with Crippen molar-refractivity contribution in [3.8, 4) is 6.07 Å². The molecule has 1 rings (SSSR count). The summed E-state index contributed by atoms with van der Waals surface area (Å²) in [5.74, 6) is -0.925. The summed E-state index contributed by atoms with van der Waals surface area (Å²) in [7, 11) is 0. The van der Waals surface area contributed by atoms with Gasteiger partial charge in [0.15, 0.2) is 0 Å². The van der Waals surface area contributed by atoms with Gasteiger partial charge in [-0.2, -0.15) is 5.26 Å². The Bertz CT molecular complexity index is 426. The lowest BCUT2D eigenvalue weighted by molar-refractivity contribution is 0.0954. The lowest BCUT2D eigenvalue weighted by Crippen LogP contribution is -2.25. The molecule has 3 N–H and O–H groups in total. The molecule has 5 heteroatoms. The average molecular weight is 221 g/mol. The van der Waals surface area contributed by atoms with E-state index in [1.165, 1.54) is 12.1 Å². The van der Waals surface area contributed by atoms with Crippen LogP contribution in [-0.4, -0.2) is 12.5 Å². The Labute approximate surface area is 92.9 Å². The minimum Gasteiger partial charge on any atom is -0.398 e. The Morgan fingerprint density at radius 2 is 2.31 bits per heavy atom. The van der Waals surface area contributed by atoms with Crippen molar-refractivity contribution >= 4 is 11.6 Å². The Balaban J connectivity index is 2.59. The van der Waals surface area contributed by atoms with Crippen LogP contribution in [0.4, 0.5) is 10.1 Å². The molecular weight excluding hydrogens is 209 g/mol. The predicted octanol–water partition coefficient (Wildman–Crippen LogP) is 1.44. The molecule has 0 heterocycles. The number of carbonyl (C=O) groups is 1. The molecule has 1 aromatic rings. The number of halogens is 1. The first-order chi connectivity index (χ1) is 7.65.